The first-order valence-corrected chi connectivity index (χ1v) is 7.49. The maximum absolute atomic E-state index is 5.69. The van der Waals surface area contributed by atoms with E-state index < -0.39 is 0 Å². The van der Waals surface area contributed by atoms with E-state index >= 15 is 0 Å². The Bertz CT molecular complexity index is 355. The summed E-state index contributed by atoms with van der Waals surface area (Å²) in [5, 5.41) is 0. The highest BCUT2D eigenvalue weighted by Crippen LogP contribution is 2.09. The van der Waals surface area contributed by atoms with Crippen molar-refractivity contribution in [2.24, 2.45) is 0 Å². The van der Waals surface area contributed by atoms with E-state index in [1.54, 1.807) is 0 Å². The zero-order chi connectivity index (χ0) is 13.5. The Morgan fingerprint density at radius 1 is 1.11 bits per heavy atom. The molecular weight excluding hydrogens is 234 g/mol. The van der Waals surface area contributed by atoms with E-state index in [2.05, 4.69) is 29.0 Å². The van der Waals surface area contributed by atoms with Gasteiger partial charge < -0.3 is 15.5 Å². The lowest BCUT2D eigenvalue weighted by atomic mass is 10.1. The molecule has 1 saturated heterocycles. The lowest BCUT2D eigenvalue weighted by Crippen LogP contribution is -2.32. The summed E-state index contributed by atoms with van der Waals surface area (Å²) in [4.78, 5) is 5.03. The Kier molecular flexibility index (Phi) is 5.67. The highest BCUT2D eigenvalue weighted by atomic mass is 15.2. The first-order chi connectivity index (χ1) is 9.24. The molecule has 0 aliphatic carbocycles. The van der Waals surface area contributed by atoms with Crippen molar-refractivity contribution < 1.29 is 0 Å². The minimum Gasteiger partial charge on any atom is -0.399 e. The minimum absolute atomic E-state index is 0.853. The molecule has 1 heterocycles. The van der Waals surface area contributed by atoms with Crippen LogP contribution in [0.25, 0.3) is 0 Å². The second-order valence-electron chi connectivity index (χ2n) is 5.70. The average Bonchev–Trinajstić information content (AvgIpc) is 2.92. The smallest absolute Gasteiger partial charge is 0.0314 e. The third-order valence-electron chi connectivity index (χ3n) is 3.98. The van der Waals surface area contributed by atoms with E-state index in [1.165, 1.54) is 57.5 Å². The normalized spacial score (nSPS) is 16.3. The van der Waals surface area contributed by atoms with Gasteiger partial charge in [-0.15, -0.1) is 0 Å². The fraction of sp³-hybridized carbons (Fsp3) is 0.625. The van der Waals surface area contributed by atoms with Gasteiger partial charge in [-0.3, -0.25) is 0 Å². The zero-order valence-corrected chi connectivity index (χ0v) is 12.1. The predicted octanol–water partition coefficient (Wildman–Crippen LogP) is 2.23. The van der Waals surface area contributed by atoms with Crippen molar-refractivity contribution in [2.45, 2.75) is 25.7 Å². The molecule has 19 heavy (non-hydrogen) atoms. The standard InChI is InChI=1S/C16H27N3/c1-18(13-14-19-11-2-3-12-19)10-4-5-15-6-8-16(17)9-7-15/h6-9H,2-5,10-14,17H2,1H3. The number of rotatable bonds is 7. The summed E-state index contributed by atoms with van der Waals surface area (Å²) >= 11 is 0. The van der Waals surface area contributed by atoms with Gasteiger partial charge in [-0.2, -0.15) is 0 Å². The molecule has 0 spiro atoms. The molecule has 2 N–H and O–H groups in total. The molecule has 0 aromatic heterocycles. The molecule has 0 unspecified atom stereocenters. The number of aryl methyl sites for hydroxylation is 1. The lowest BCUT2D eigenvalue weighted by molar-refractivity contribution is 0.255. The molecule has 0 bridgehead atoms. The summed E-state index contributed by atoms with van der Waals surface area (Å²) in [5.74, 6) is 0. The summed E-state index contributed by atoms with van der Waals surface area (Å²) in [6.45, 7) is 6.22. The molecule has 1 aliphatic heterocycles. The molecule has 1 aromatic rings. The molecule has 0 amide bonds. The Labute approximate surface area is 117 Å². The molecule has 0 atom stereocenters. The summed E-state index contributed by atoms with van der Waals surface area (Å²) < 4.78 is 0. The first-order valence-electron chi connectivity index (χ1n) is 7.49. The molecule has 0 radical (unpaired) electrons. The van der Waals surface area contributed by atoms with E-state index in [1.807, 2.05) is 12.1 Å². The molecular formula is C16H27N3. The van der Waals surface area contributed by atoms with E-state index in [0.717, 1.165) is 12.1 Å². The van der Waals surface area contributed by atoms with Gasteiger partial charge in [0.2, 0.25) is 0 Å². The van der Waals surface area contributed by atoms with Crippen molar-refractivity contribution in [1.82, 2.24) is 9.80 Å². The van der Waals surface area contributed by atoms with Gasteiger partial charge in [0.1, 0.15) is 0 Å². The van der Waals surface area contributed by atoms with Gasteiger partial charge in [0.05, 0.1) is 0 Å². The molecule has 1 aromatic carbocycles. The van der Waals surface area contributed by atoms with E-state index in [0.29, 0.717) is 0 Å². The van der Waals surface area contributed by atoms with Crippen LogP contribution in [0.5, 0.6) is 0 Å². The van der Waals surface area contributed by atoms with Crippen LogP contribution in [0.4, 0.5) is 5.69 Å². The van der Waals surface area contributed by atoms with Crippen LogP contribution in [0.2, 0.25) is 0 Å². The van der Waals surface area contributed by atoms with Crippen molar-refractivity contribution in [3.8, 4) is 0 Å². The summed E-state index contributed by atoms with van der Waals surface area (Å²) in [7, 11) is 2.24. The monoisotopic (exact) mass is 261 g/mol. The third kappa shape index (κ3) is 5.21. The molecule has 3 heteroatoms. The van der Waals surface area contributed by atoms with Crippen LogP contribution in [-0.4, -0.2) is 49.6 Å². The number of hydrogen-bond acceptors (Lipinski definition) is 3. The Morgan fingerprint density at radius 3 is 2.47 bits per heavy atom. The van der Waals surface area contributed by atoms with Crippen molar-refractivity contribution in [3.63, 3.8) is 0 Å². The SMILES string of the molecule is CN(CCCc1ccc(N)cc1)CCN1CCCC1. The van der Waals surface area contributed by atoms with E-state index in [4.69, 9.17) is 5.73 Å². The number of nitrogens with two attached hydrogens (primary N) is 1. The topological polar surface area (TPSA) is 32.5 Å². The fourth-order valence-electron chi connectivity index (χ4n) is 2.67. The predicted molar refractivity (Wildman–Crippen MR) is 82.3 cm³/mol. The number of hydrogen-bond donors (Lipinski definition) is 1. The quantitative estimate of drug-likeness (QED) is 0.764. The van der Waals surface area contributed by atoms with Crippen LogP contribution in [0, 0.1) is 0 Å². The van der Waals surface area contributed by atoms with Crippen LogP contribution < -0.4 is 5.73 Å². The minimum atomic E-state index is 0.853. The molecule has 1 aliphatic rings. The average molecular weight is 261 g/mol. The van der Waals surface area contributed by atoms with Crippen molar-refractivity contribution in [2.75, 3.05) is 45.5 Å². The Morgan fingerprint density at radius 2 is 1.79 bits per heavy atom. The number of likely N-dealkylation sites (N-methyl/N-ethyl adjacent to an activating group) is 1. The largest absolute Gasteiger partial charge is 0.399 e. The number of anilines is 1. The Hall–Kier alpha value is -1.06. The van der Waals surface area contributed by atoms with Crippen LogP contribution in [0.3, 0.4) is 0 Å². The lowest BCUT2D eigenvalue weighted by Gasteiger charge is -2.21. The van der Waals surface area contributed by atoms with Crippen molar-refractivity contribution in [1.29, 1.82) is 0 Å². The van der Waals surface area contributed by atoms with E-state index in [9.17, 15) is 0 Å². The number of nitrogens with zero attached hydrogens (tertiary/aromatic N) is 2. The zero-order valence-electron chi connectivity index (χ0n) is 12.1. The number of likely N-dealkylation sites (tertiary alicyclic amines) is 1. The van der Waals surface area contributed by atoms with Gasteiger partial charge in [-0.25, -0.2) is 0 Å². The summed E-state index contributed by atoms with van der Waals surface area (Å²) in [6, 6.07) is 8.26. The van der Waals surface area contributed by atoms with Crippen molar-refractivity contribution in [3.05, 3.63) is 29.8 Å². The van der Waals surface area contributed by atoms with Gasteiger partial charge in [0.25, 0.3) is 0 Å². The molecule has 0 saturated carbocycles. The molecule has 1 fully saturated rings. The first kappa shape index (κ1) is 14.4. The van der Waals surface area contributed by atoms with Gasteiger partial charge in [-0.1, -0.05) is 12.1 Å². The highest BCUT2D eigenvalue weighted by Gasteiger charge is 2.11. The maximum atomic E-state index is 5.69. The van der Waals surface area contributed by atoms with Gasteiger partial charge in [0.15, 0.2) is 0 Å². The van der Waals surface area contributed by atoms with Crippen LogP contribution >= 0.6 is 0 Å². The second kappa shape index (κ2) is 7.51. The maximum Gasteiger partial charge on any atom is 0.0314 e. The van der Waals surface area contributed by atoms with Gasteiger partial charge >= 0.3 is 0 Å². The summed E-state index contributed by atoms with van der Waals surface area (Å²) in [5.41, 5.74) is 7.93. The van der Waals surface area contributed by atoms with Crippen LogP contribution in [0.1, 0.15) is 24.8 Å². The summed E-state index contributed by atoms with van der Waals surface area (Å²) in [6.07, 6.45) is 5.15. The van der Waals surface area contributed by atoms with Crippen molar-refractivity contribution >= 4 is 5.69 Å². The van der Waals surface area contributed by atoms with Gasteiger partial charge in [0, 0.05) is 18.8 Å². The van der Waals surface area contributed by atoms with E-state index in [-0.39, 0.29) is 0 Å². The van der Waals surface area contributed by atoms with Crippen LogP contribution in [-0.2, 0) is 6.42 Å². The molecule has 3 nitrogen and oxygen atoms in total. The number of nitrogen functional groups attached to an aromatic ring is 1. The van der Waals surface area contributed by atoms with Crippen LogP contribution in [0.15, 0.2) is 24.3 Å². The fourth-order valence-corrected chi connectivity index (χ4v) is 2.67. The van der Waals surface area contributed by atoms with Gasteiger partial charge in [-0.05, 0) is 70.1 Å². The Balaban J connectivity index is 1.58. The third-order valence-corrected chi connectivity index (χ3v) is 3.98. The molecule has 106 valence electrons. The second-order valence-corrected chi connectivity index (χ2v) is 5.70. The molecule has 2 rings (SSSR count). The number of benzene rings is 1. The highest BCUT2D eigenvalue weighted by molar-refractivity contribution is 5.39.